The number of aliphatic imine (C=N–C) groups is 1. The van der Waals surface area contributed by atoms with Crippen LogP contribution in [0.25, 0.3) is 0 Å². The highest BCUT2D eigenvalue weighted by molar-refractivity contribution is 6.31. The van der Waals surface area contributed by atoms with Gasteiger partial charge in [-0.15, -0.1) is 0 Å². The van der Waals surface area contributed by atoms with Gasteiger partial charge in [-0.2, -0.15) is 0 Å². The zero-order valence-electron chi connectivity index (χ0n) is 19.1. The topological polar surface area (TPSA) is 74.2 Å². The van der Waals surface area contributed by atoms with Gasteiger partial charge in [0.2, 0.25) is 0 Å². The van der Waals surface area contributed by atoms with Crippen molar-refractivity contribution in [2.24, 2.45) is 10.9 Å². The van der Waals surface area contributed by atoms with Crippen LogP contribution >= 0.6 is 11.6 Å². The molecule has 0 fully saturated rings. The number of carbonyl (C=O) groups excluding carboxylic acids is 2. The number of allylic oxidation sites excluding steroid dienone is 2. The molecule has 2 aromatic carbocycles. The van der Waals surface area contributed by atoms with Gasteiger partial charge < -0.3 is 14.2 Å². The van der Waals surface area contributed by atoms with Gasteiger partial charge in [0, 0.05) is 34.3 Å². The van der Waals surface area contributed by atoms with E-state index in [1.165, 1.54) is 7.11 Å². The Hall–Kier alpha value is -3.12. The van der Waals surface area contributed by atoms with Crippen LogP contribution in [0.3, 0.4) is 0 Å². The average molecular weight is 468 g/mol. The summed E-state index contributed by atoms with van der Waals surface area (Å²) in [6, 6.07) is 13.0. The Morgan fingerprint density at radius 1 is 1.03 bits per heavy atom. The molecule has 1 unspecified atom stereocenters. The molecule has 7 heteroatoms. The second kappa shape index (κ2) is 9.40. The van der Waals surface area contributed by atoms with E-state index in [1.54, 1.807) is 20.3 Å². The predicted octanol–water partition coefficient (Wildman–Crippen LogP) is 5.11. The molecule has 0 saturated heterocycles. The number of hydrogen-bond acceptors (Lipinski definition) is 6. The molecular weight excluding hydrogens is 442 g/mol. The number of benzene rings is 2. The lowest BCUT2D eigenvalue weighted by atomic mass is 9.69. The number of carbonyl (C=O) groups is 2. The second-order valence-electron chi connectivity index (χ2n) is 8.26. The van der Waals surface area contributed by atoms with Crippen LogP contribution in [0.4, 0.5) is 0 Å². The minimum Gasteiger partial charge on any atom is -0.493 e. The third-order valence-electron chi connectivity index (χ3n) is 6.46. The largest absolute Gasteiger partial charge is 0.493 e. The Morgan fingerprint density at radius 2 is 1.76 bits per heavy atom. The number of ether oxygens (including phenoxy) is 3. The van der Waals surface area contributed by atoms with Gasteiger partial charge in [-0.25, -0.2) is 0 Å². The molecule has 0 N–H and O–H groups in total. The van der Waals surface area contributed by atoms with Crippen LogP contribution in [0, 0.1) is 5.92 Å². The smallest absolute Gasteiger partial charge is 0.315 e. The molecule has 0 radical (unpaired) electrons. The lowest BCUT2D eigenvalue weighted by molar-refractivity contribution is -0.143. The zero-order chi connectivity index (χ0) is 23.7. The summed E-state index contributed by atoms with van der Waals surface area (Å²) in [5.41, 5.74) is 3.59. The van der Waals surface area contributed by atoms with Crippen molar-refractivity contribution in [2.75, 3.05) is 21.3 Å². The van der Waals surface area contributed by atoms with E-state index in [4.69, 9.17) is 30.8 Å². The molecule has 3 atom stereocenters. The molecule has 0 amide bonds. The first-order valence-corrected chi connectivity index (χ1v) is 11.1. The summed E-state index contributed by atoms with van der Waals surface area (Å²) in [6.07, 6.45) is 0.870. The van der Waals surface area contributed by atoms with Gasteiger partial charge >= 0.3 is 5.97 Å². The van der Waals surface area contributed by atoms with Crippen LogP contribution in [0.2, 0.25) is 5.02 Å². The maximum absolute atomic E-state index is 13.6. The zero-order valence-corrected chi connectivity index (χ0v) is 19.8. The van der Waals surface area contributed by atoms with E-state index in [9.17, 15) is 9.59 Å². The van der Waals surface area contributed by atoms with Crippen molar-refractivity contribution in [3.05, 3.63) is 69.9 Å². The highest BCUT2D eigenvalue weighted by Crippen LogP contribution is 2.48. The molecule has 0 aromatic heterocycles. The van der Waals surface area contributed by atoms with Crippen molar-refractivity contribution in [1.82, 2.24) is 0 Å². The third-order valence-corrected chi connectivity index (χ3v) is 6.80. The molecule has 2 aromatic rings. The Labute approximate surface area is 198 Å². The summed E-state index contributed by atoms with van der Waals surface area (Å²) < 4.78 is 16.0. The fourth-order valence-corrected chi connectivity index (χ4v) is 5.21. The van der Waals surface area contributed by atoms with Crippen LogP contribution in [-0.4, -0.2) is 38.8 Å². The molecule has 2 aliphatic rings. The minimum absolute atomic E-state index is 0.0360. The summed E-state index contributed by atoms with van der Waals surface area (Å²) in [7, 11) is 4.46. The number of rotatable bonds is 5. The lowest BCUT2D eigenvalue weighted by Crippen LogP contribution is -2.37. The number of esters is 1. The van der Waals surface area contributed by atoms with E-state index in [-0.39, 0.29) is 11.7 Å². The molecular formula is C26H26ClNO5. The standard InChI is InChI=1S/C26H26ClNO5/c1-14-23(26(30)33-4)24(15-9-10-21(31-2)22(13-15)32-3)25-19(28-14)11-16(12-20(25)29)17-7-5-6-8-18(17)27/h5-10,13,16,23-24H,11-12H2,1-4H3/t16-,23?,24+/m1/s1. The van der Waals surface area contributed by atoms with E-state index < -0.39 is 17.8 Å². The Kier molecular flexibility index (Phi) is 6.56. The predicted molar refractivity (Wildman–Crippen MR) is 126 cm³/mol. The van der Waals surface area contributed by atoms with Gasteiger partial charge in [0.15, 0.2) is 17.3 Å². The fraction of sp³-hybridized carbons (Fsp3) is 0.346. The van der Waals surface area contributed by atoms with E-state index >= 15 is 0 Å². The second-order valence-corrected chi connectivity index (χ2v) is 8.66. The maximum Gasteiger partial charge on any atom is 0.315 e. The summed E-state index contributed by atoms with van der Waals surface area (Å²) in [6.45, 7) is 1.81. The fourth-order valence-electron chi connectivity index (χ4n) is 4.92. The number of nitrogens with zero attached hydrogens (tertiary/aromatic N) is 1. The number of hydrogen-bond donors (Lipinski definition) is 0. The van der Waals surface area contributed by atoms with Crippen molar-refractivity contribution in [3.63, 3.8) is 0 Å². The summed E-state index contributed by atoms with van der Waals surface area (Å²) in [5.74, 6) is -0.660. The van der Waals surface area contributed by atoms with Crippen molar-refractivity contribution in [2.45, 2.75) is 31.6 Å². The number of halogens is 1. The molecule has 1 aliphatic carbocycles. The van der Waals surface area contributed by atoms with Gasteiger partial charge in [0.1, 0.15) is 5.92 Å². The average Bonchev–Trinajstić information content (AvgIpc) is 2.82. The quantitative estimate of drug-likeness (QED) is 0.571. The molecule has 6 nitrogen and oxygen atoms in total. The van der Waals surface area contributed by atoms with Crippen LogP contribution in [0.1, 0.15) is 42.7 Å². The van der Waals surface area contributed by atoms with Gasteiger partial charge in [0.25, 0.3) is 0 Å². The molecule has 1 aliphatic heterocycles. The molecule has 1 heterocycles. The first-order chi connectivity index (χ1) is 15.9. The van der Waals surface area contributed by atoms with E-state index in [0.717, 1.165) is 11.1 Å². The van der Waals surface area contributed by atoms with Crippen molar-refractivity contribution in [3.8, 4) is 11.5 Å². The Balaban J connectivity index is 1.84. The summed E-state index contributed by atoms with van der Waals surface area (Å²) in [4.78, 5) is 31.1. The molecule has 4 rings (SSSR count). The molecule has 0 bridgehead atoms. The van der Waals surface area contributed by atoms with Gasteiger partial charge in [0.05, 0.1) is 21.3 Å². The van der Waals surface area contributed by atoms with Crippen LogP contribution in [0.5, 0.6) is 11.5 Å². The number of ketones is 1. The third kappa shape index (κ3) is 4.15. The normalized spacial score (nSPS) is 22.4. The highest BCUT2D eigenvalue weighted by Gasteiger charge is 2.45. The summed E-state index contributed by atoms with van der Waals surface area (Å²) in [5, 5.41) is 0.639. The van der Waals surface area contributed by atoms with Gasteiger partial charge in [-0.05, 0) is 48.6 Å². The number of Topliss-reactive ketones (excluding diaryl/α,β-unsaturated/α-hetero) is 1. The minimum atomic E-state index is -0.701. The molecule has 0 spiro atoms. The molecule has 172 valence electrons. The van der Waals surface area contributed by atoms with Crippen LogP contribution in [0.15, 0.2) is 58.7 Å². The SMILES string of the molecule is COC(=O)C1C(C)=NC2=C(C(=O)C[C@H](c3ccccc3Cl)C2)[C@H]1c1ccc(OC)c(OC)c1. The van der Waals surface area contributed by atoms with Gasteiger partial charge in [-0.1, -0.05) is 35.9 Å². The Morgan fingerprint density at radius 3 is 2.42 bits per heavy atom. The summed E-state index contributed by atoms with van der Waals surface area (Å²) >= 11 is 6.43. The van der Waals surface area contributed by atoms with Gasteiger partial charge in [-0.3, -0.25) is 14.6 Å². The van der Waals surface area contributed by atoms with Crippen molar-refractivity contribution < 1.29 is 23.8 Å². The van der Waals surface area contributed by atoms with E-state index in [0.29, 0.717) is 46.3 Å². The van der Waals surface area contributed by atoms with Crippen LogP contribution in [-0.2, 0) is 14.3 Å². The maximum atomic E-state index is 13.6. The number of methoxy groups -OCH3 is 3. The lowest BCUT2D eigenvalue weighted by Gasteiger charge is -2.36. The van der Waals surface area contributed by atoms with E-state index in [1.807, 2.05) is 43.3 Å². The van der Waals surface area contributed by atoms with Crippen molar-refractivity contribution in [1.29, 1.82) is 0 Å². The van der Waals surface area contributed by atoms with E-state index in [2.05, 4.69) is 0 Å². The molecule has 0 saturated carbocycles. The monoisotopic (exact) mass is 467 g/mol. The highest BCUT2D eigenvalue weighted by atomic mass is 35.5. The first-order valence-electron chi connectivity index (χ1n) is 10.7. The first kappa shape index (κ1) is 23.1. The van der Waals surface area contributed by atoms with Crippen LogP contribution < -0.4 is 9.47 Å². The van der Waals surface area contributed by atoms with Crippen molar-refractivity contribution >= 4 is 29.1 Å². The Bertz CT molecular complexity index is 1170. The molecule has 33 heavy (non-hydrogen) atoms.